The Kier molecular flexibility index (Phi) is 23.4. The molecule has 0 unspecified atom stereocenters. The van der Waals surface area contributed by atoms with Gasteiger partial charge in [-0.3, -0.25) is 0 Å². The van der Waals surface area contributed by atoms with Crippen molar-refractivity contribution < 1.29 is 0 Å². The molecule has 6 aromatic carbocycles. The van der Waals surface area contributed by atoms with E-state index < -0.39 is 0 Å². The van der Waals surface area contributed by atoms with Crippen LogP contribution >= 0.6 is 0 Å². The van der Waals surface area contributed by atoms with Crippen LogP contribution in [0.3, 0.4) is 0 Å². The van der Waals surface area contributed by atoms with Crippen LogP contribution in [0.1, 0.15) is 150 Å². The van der Waals surface area contributed by atoms with E-state index in [1.807, 2.05) is 0 Å². The molecule has 0 saturated carbocycles. The van der Waals surface area contributed by atoms with E-state index >= 15 is 0 Å². The maximum atomic E-state index is 2.33. The number of hydrogen-bond donors (Lipinski definition) is 0. The summed E-state index contributed by atoms with van der Waals surface area (Å²) in [4.78, 5) is 0. The third-order valence-electron chi connectivity index (χ3n) is 12.7. The SMILES string of the molecule is CCc1cccc(CC)[c]1[Ge][c]1c(CC)cccc1CC.CCc1cccc(CC)[c]1[Ge][c]1c(CC)cccc1CC.CCc1cccc(CC)[c]1[Ge][c]1c(CC)cccc1CC. The molecule has 0 fully saturated rings. The molecule has 3 heteroatoms. The van der Waals surface area contributed by atoms with Gasteiger partial charge in [-0.2, -0.15) is 0 Å². The number of hydrogen-bond acceptors (Lipinski definition) is 0. The maximum absolute atomic E-state index is 2.33. The monoisotopic (exact) mass is 1020 g/mol. The standard InChI is InChI=1S/3C20H26Ge/c3*1-5-15-11-9-12-16(6-2)19(15)21-20-17(7-3)13-10-14-18(20)8-4/h3*9-14H,5-8H2,1-4H3. The predicted molar refractivity (Wildman–Crippen MR) is 286 cm³/mol. The van der Waals surface area contributed by atoms with E-state index in [-0.39, 0.29) is 46.3 Å². The molecule has 0 atom stereocenters. The molecule has 0 heterocycles. The van der Waals surface area contributed by atoms with Crippen LogP contribution in [0.25, 0.3) is 0 Å². The number of aryl methyl sites for hydroxylation is 12. The van der Waals surface area contributed by atoms with Crippen molar-refractivity contribution in [2.75, 3.05) is 0 Å². The van der Waals surface area contributed by atoms with Gasteiger partial charge in [0.1, 0.15) is 0 Å². The Labute approximate surface area is 405 Å². The Bertz CT molecular complexity index is 1760. The summed E-state index contributed by atoms with van der Waals surface area (Å²) in [5, 5.41) is 0. The van der Waals surface area contributed by atoms with Gasteiger partial charge >= 0.3 is 409 Å². The summed E-state index contributed by atoms with van der Waals surface area (Å²) in [6, 6.07) is 41.4. The van der Waals surface area contributed by atoms with E-state index in [9.17, 15) is 0 Å². The first-order valence-electron chi connectivity index (χ1n) is 24.7. The summed E-state index contributed by atoms with van der Waals surface area (Å²) in [5.74, 6) is 0. The number of benzene rings is 6. The Hall–Kier alpha value is -3.05. The average molecular weight is 1020 g/mol. The molecule has 0 aliphatic rings. The quantitative estimate of drug-likeness (QED) is 0.0753. The third-order valence-corrected chi connectivity index (χ3v) is 24.0. The zero-order valence-electron chi connectivity index (χ0n) is 41.4. The van der Waals surface area contributed by atoms with E-state index in [0.717, 1.165) is 77.0 Å². The van der Waals surface area contributed by atoms with Gasteiger partial charge in [-0.1, -0.05) is 0 Å². The second-order valence-electron chi connectivity index (χ2n) is 16.3. The first kappa shape index (κ1) is 52.6. The molecule has 330 valence electrons. The zero-order valence-corrected chi connectivity index (χ0v) is 47.7. The summed E-state index contributed by atoms with van der Waals surface area (Å²) in [7, 11) is 0. The zero-order chi connectivity index (χ0) is 45.7. The molecule has 0 aromatic heterocycles. The van der Waals surface area contributed by atoms with Crippen LogP contribution < -0.4 is 26.4 Å². The van der Waals surface area contributed by atoms with E-state index in [4.69, 9.17) is 0 Å². The van der Waals surface area contributed by atoms with Crippen molar-refractivity contribution in [1.29, 1.82) is 0 Å². The second-order valence-corrected chi connectivity index (χ2v) is 24.2. The second kappa shape index (κ2) is 28.1. The Morgan fingerprint density at radius 1 is 0.190 bits per heavy atom. The Morgan fingerprint density at radius 3 is 0.365 bits per heavy atom. The molecule has 0 bridgehead atoms. The van der Waals surface area contributed by atoms with E-state index in [1.54, 1.807) is 93.1 Å². The molecule has 0 aliphatic carbocycles. The van der Waals surface area contributed by atoms with Crippen LogP contribution in [0, 0.1) is 0 Å². The van der Waals surface area contributed by atoms with Crippen LogP contribution in [0.15, 0.2) is 109 Å². The minimum absolute atomic E-state index is 0.245. The Morgan fingerprint density at radius 2 is 0.286 bits per heavy atom. The fourth-order valence-corrected chi connectivity index (χ4v) is 21.0. The van der Waals surface area contributed by atoms with Crippen molar-refractivity contribution in [3.63, 3.8) is 0 Å². The summed E-state index contributed by atoms with van der Waals surface area (Å²) in [5.41, 5.74) is 18.9. The van der Waals surface area contributed by atoms with Crippen molar-refractivity contribution >= 4 is 72.7 Å². The van der Waals surface area contributed by atoms with Gasteiger partial charge in [0.15, 0.2) is 0 Å². The van der Waals surface area contributed by atoms with Gasteiger partial charge in [0, 0.05) is 0 Å². The first-order chi connectivity index (χ1) is 30.7. The van der Waals surface area contributed by atoms with Gasteiger partial charge < -0.3 is 0 Å². The number of rotatable bonds is 18. The van der Waals surface area contributed by atoms with Crippen molar-refractivity contribution in [2.45, 2.75) is 160 Å². The van der Waals surface area contributed by atoms with Crippen LogP contribution in [0.4, 0.5) is 0 Å². The average Bonchev–Trinajstić information content (AvgIpc) is 3.34. The molecule has 0 spiro atoms. The van der Waals surface area contributed by atoms with Gasteiger partial charge in [-0.15, -0.1) is 0 Å². The molecule has 0 amide bonds. The summed E-state index contributed by atoms with van der Waals surface area (Å²) < 4.78 is 10.2. The molecule has 6 rings (SSSR count). The molecule has 0 N–H and O–H groups in total. The molecule has 0 saturated heterocycles. The van der Waals surface area contributed by atoms with Crippen LogP contribution in [-0.2, 0) is 77.0 Å². The van der Waals surface area contributed by atoms with Crippen molar-refractivity contribution in [1.82, 2.24) is 0 Å². The van der Waals surface area contributed by atoms with Crippen molar-refractivity contribution in [3.05, 3.63) is 176 Å². The summed E-state index contributed by atoms with van der Waals surface area (Å²) >= 11 is -0.734. The van der Waals surface area contributed by atoms with E-state index in [0.29, 0.717) is 0 Å². The van der Waals surface area contributed by atoms with Gasteiger partial charge in [-0.25, -0.2) is 0 Å². The molecule has 0 nitrogen and oxygen atoms in total. The fraction of sp³-hybridized carbons (Fsp3) is 0.400. The van der Waals surface area contributed by atoms with Crippen molar-refractivity contribution in [3.8, 4) is 0 Å². The van der Waals surface area contributed by atoms with Gasteiger partial charge in [-0.05, 0) is 0 Å². The summed E-state index contributed by atoms with van der Waals surface area (Å²) in [6.45, 7) is 27.5. The molecular weight excluding hydrogens is 938 g/mol. The van der Waals surface area contributed by atoms with Gasteiger partial charge in [0.25, 0.3) is 0 Å². The first-order valence-corrected chi connectivity index (χ1v) is 31.0. The van der Waals surface area contributed by atoms with Crippen LogP contribution in [0.5, 0.6) is 0 Å². The van der Waals surface area contributed by atoms with Crippen LogP contribution in [-0.4, -0.2) is 46.3 Å². The van der Waals surface area contributed by atoms with Gasteiger partial charge in [0.05, 0.1) is 0 Å². The molecule has 0 aliphatic heterocycles. The molecular formula is C60H78Ge3. The van der Waals surface area contributed by atoms with Crippen LogP contribution in [0.2, 0.25) is 0 Å². The minimum atomic E-state index is -0.245. The van der Waals surface area contributed by atoms with E-state index in [1.165, 1.54) is 0 Å². The normalized spacial score (nSPS) is 10.9. The van der Waals surface area contributed by atoms with Gasteiger partial charge in [0.2, 0.25) is 0 Å². The predicted octanol–water partition coefficient (Wildman–Crippen LogP) is 10.8. The van der Waals surface area contributed by atoms with E-state index in [2.05, 4.69) is 192 Å². The third kappa shape index (κ3) is 14.0. The topological polar surface area (TPSA) is 0 Å². The Balaban J connectivity index is 0.000000207. The molecule has 6 aromatic rings. The van der Waals surface area contributed by atoms with Crippen molar-refractivity contribution in [2.24, 2.45) is 0 Å². The summed E-state index contributed by atoms with van der Waals surface area (Å²) in [6.07, 6.45) is 13.9. The fourth-order valence-electron chi connectivity index (χ4n) is 8.79. The molecule has 63 heavy (non-hydrogen) atoms. The molecule has 6 radical (unpaired) electrons.